The van der Waals surface area contributed by atoms with E-state index >= 15 is 0 Å². The lowest BCUT2D eigenvalue weighted by Gasteiger charge is -2.21. The summed E-state index contributed by atoms with van der Waals surface area (Å²) in [6, 6.07) is 11.8. The minimum absolute atomic E-state index is 0.303. The zero-order valence-electron chi connectivity index (χ0n) is 15.8. The minimum Gasteiger partial charge on any atom is -0.726 e. The third-order valence-corrected chi connectivity index (χ3v) is 4.14. The Balaban J connectivity index is 0.000000500. The summed E-state index contributed by atoms with van der Waals surface area (Å²) in [6.45, 7) is 6.07. The van der Waals surface area contributed by atoms with Gasteiger partial charge in [0.1, 0.15) is 12.6 Å². The standard InChI is InChI=1S/C19H21N2O2.H2O4S/c1-4-21(5-2)16-7-6-15-12-17(19(22)23-18(15)13-16)14-8-10-20(3)11-9-14;1-5(2,3)4/h6-13H,4-5H2,1-3H3;(H2,1,2,3,4)/q+1;/p-1. The van der Waals surface area contributed by atoms with Gasteiger partial charge in [0.25, 0.3) is 0 Å². The summed E-state index contributed by atoms with van der Waals surface area (Å²) >= 11 is 0. The van der Waals surface area contributed by atoms with Crippen molar-refractivity contribution in [1.29, 1.82) is 0 Å². The molecule has 8 nitrogen and oxygen atoms in total. The molecule has 0 aliphatic heterocycles. The van der Waals surface area contributed by atoms with Crippen LogP contribution in [0.2, 0.25) is 0 Å². The average Bonchev–Trinajstić information content (AvgIpc) is 2.61. The van der Waals surface area contributed by atoms with Crippen LogP contribution >= 0.6 is 0 Å². The first-order valence-electron chi connectivity index (χ1n) is 8.59. The highest BCUT2D eigenvalue weighted by Crippen LogP contribution is 2.24. The third kappa shape index (κ3) is 5.88. The van der Waals surface area contributed by atoms with Crippen LogP contribution < -0.4 is 15.1 Å². The van der Waals surface area contributed by atoms with E-state index in [1.54, 1.807) is 0 Å². The molecule has 2 aromatic heterocycles. The van der Waals surface area contributed by atoms with E-state index < -0.39 is 10.4 Å². The molecule has 2 heterocycles. The maximum atomic E-state index is 12.4. The molecular formula is C19H22N2O6S. The molecule has 0 radical (unpaired) electrons. The Morgan fingerprint density at radius 1 is 1.11 bits per heavy atom. The lowest BCUT2D eigenvalue weighted by Crippen LogP contribution is -2.25. The molecular weight excluding hydrogens is 384 g/mol. The summed E-state index contributed by atoms with van der Waals surface area (Å²) in [5, 5.41) is 0.934. The molecule has 1 N–H and O–H groups in total. The number of rotatable bonds is 4. The van der Waals surface area contributed by atoms with Gasteiger partial charge >= 0.3 is 5.63 Å². The Labute approximate surface area is 163 Å². The van der Waals surface area contributed by atoms with Crippen LogP contribution in [-0.2, 0) is 17.4 Å². The highest BCUT2D eigenvalue weighted by molar-refractivity contribution is 7.79. The van der Waals surface area contributed by atoms with E-state index in [1.807, 2.05) is 54.3 Å². The van der Waals surface area contributed by atoms with Crippen LogP contribution in [0.4, 0.5) is 5.69 Å². The van der Waals surface area contributed by atoms with Crippen molar-refractivity contribution in [2.45, 2.75) is 13.8 Å². The molecule has 3 aromatic rings. The molecule has 0 fully saturated rings. The Kier molecular flexibility index (Phi) is 6.90. The van der Waals surface area contributed by atoms with Crippen molar-refractivity contribution in [3.63, 3.8) is 0 Å². The number of aryl methyl sites for hydroxylation is 1. The van der Waals surface area contributed by atoms with E-state index in [9.17, 15) is 4.79 Å². The second kappa shape index (κ2) is 8.96. The topological polar surface area (TPSA) is 115 Å². The molecule has 0 atom stereocenters. The van der Waals surface area contributed by atoms with Gasteiger partial charge in [-0.2, -0.15) is 0 Å². The maximum absolute atomic E-state index is 12.4. The number of anilines is 1. The summed E-state index contributed by atoms with van der Waals surface area (Å²) in [5.41, 5.74) is 2.86. The fourth-order valence-electron chi connectivity index (χ4n) is 2.77. The molecule has 9 heteroatoms. The number of hydrogen-bond donors (Lipinski definition) is 1. The van der Waals surface area contributed by atoms with Crippen molar-refractivity contribution in [3.8, 4) is 11.1 Å². The van der Waals surface area contributed by atoms with Crippen molar-refractivity contribution in [2.24, 2.45) is 7.05 Å². The molecule has 0 aliphatic rings. The van der Waals surface area contributed by atoms with Gasteiger partial charge in [-0.15, -0.1) is 0 Å². The third-order valence-electron chi connectivity index (χ3n) is 4.14. The smallest absolute Gasteiger partial charge is 0.344 e. The average molecular weight is 406 g/mol. The first-order chi connectivity index (χ1) is 13.1. The van der Waals surface area contributed by atoms with E-state index in [-0.39, 0.29) is 5.63 Å². The Morgan fingerprint density at radius 2 is 1.68 bits per heavy atom. The molecule has 0 amide bonds. The molecule has 0 aliphatic carbocycles. The van der Waals surface area contributed by atoms with Gasteiger partial charge in [-0.1, -0.05) is 0 Å². The van der Waals surface area contributed by atoms with E-state index in [1.165, 1.54) is 0 Å². The fourth-order valence-corrected chi connectivity index (χ4v) is 2.77. The Morgan fingerprint density at radius 3 is 2.21 bits per heavy atom. The molecule has 0 saturated carbocycles. The molecule has 0 spiro atoms. The normalized spacial score (nSPS) is 11.0. The van der Waals surface area contributed by atoms with Crippen LogP contribution in [0.5, 0.6) is 0 Å². The van der Waals surface area contributed by atoms with Crippen LogP contribution in [0.3, 0.4) is 0 Å². The van der Waals surface area contributed by atoms with Gasteiger partial charge in [-0.25, -0.2) is 17.8 Å². The van der Waals surface area contributed by atoms with Gasteiger partial charge in [0.05, 0.1) is 5.56 Å². The lowest BCUT2D eigenvalue weighted by atomic mass is 10.1. The first kappa shape index (κ1) is 21.5. The number of pyridine rings is 1. The summed E-state index contributed by atoms with van der Waals surface area (Å²) in [4.78, 5) is 14.6. The van der Waals surface area contributed by atoms with Crippen LogP contribution in [0, 0.1) is 0 Å². The number of nitrogens with zero attached hydrogens (tertiary/aromatic N) is 2. The van der Waals surface area contributed by atoms with Crippen molar-refractivity contribution in [1.82, 2.24) is 0 Å². The van der Waals surface area contributed by atoms with Gasteiger partial charge < -0.3 is 13.9 Å². The quantitative estimate of drug-likeness (QED) is 0.305. The SMILES string of the molecule is CCN(CC)c1ccc2cc(-c3cc[n+](C)cc3)c(=O)oc2c1.O=S(=O)([O-])O. The predicted octanol–water partition coefficient (Wildman–Crippen LogP) is 2.14. The van der Waals surface area contributed by atoms with Gasteiger partial charge in [0.2, 0.25) is 10.4 Å². The molecule has 28 heavy (non-hydrogen) atoms. The van der Waals surface area contributed by atoms with Crippen molar-refractivity contribution >= 4 is 27.1 Å². The minimum atomic E-state index is -4.92. The van der Waals surface area contributed by atoms with Crippen LogP contribution in [0.25, 0.3) is 22.1 Å². The van der Waals surface area contributed by atoms with Crippen molar-refractivity contribution in [2.75, 3.05) is 18.0 Å². The molecule has 0 unspecified atom stereocenters. The Hall–Kier alpha value is -2.75. The summed E-state index contributed by atoms with van der Waals surface area (Å²) in [5.74, 6) is 0. The van der Waals surface area contributed by atoms with E-state index in [2.05, 4.69) is 24.8 Å². The summed E-state index contributed by atoms with van der Waals surface area (Å²) < 4.78 is 40.3. The maximum Gasteiger partial charge on any atom is 0.344 e. The van der Waals surface area contributed by atoms with Gasteiger partial charge in [-0.3, -0.25) is 4.55 Å². The van der Waals surface area contributed by atoms with Crippen molar-refractivity contribution < 1.29 is 26.5 Å². The zero-order valence-corrected chi connectivity index (χ0v) is 16.6. The van der Waals surface area contributed by atoms with E-state index in [4.69, 9.17) is 21.9 Å². The van der Waals surface area contributed by atoms with Gasteiger partial charge in [0.15, 0.2) is 12.4 Å². The highest BCUT2D eigenvalue weighted by Gasteiger charge is 2.10. The molecule has 1 aromatic carbocycles. The Bertz CT molecular complexity index is 1100. The second-order valence-corrected chi connectivity index (χ2v) is 6.88. The monoisotopic (exact) mass is 406 g/mol. The number of hydrogen-bond acceptors (Lipinski definition) is 6. The van der Waals surface area contributed by atoms with Gasteiger partial charge in [-0.05, 0) is 32.0 Å². The highest BCUT2D eigenvalue weighted by atomic mass is 32.3. The van der Waals surface area contributed by atoms with Crippen LogP contribution in [0.15, 0.2) is 58.0 Å². The molecule has 150 valence electrons. The zero-order chi connectivity index (χ0) is 20.9. The predicted molar refractivity (Wildman–Crippen MR) is 105 cm³/mol. The number of benzene rings is 1. The molecule has 0 saturated heterocycles. The first-order valence-corrected chi connectivity index (χ1v) is 9.95. The summed E-state index contributed by atoms with van der Waals surface area (Å²) in [7, 11) is -2.97. The van der Waals surface area contributed by atoms with Crippen LogP contribution in [-0.4, -0.2) is 30.6 Å². The van der Waals surface area contributed by atoms with Crippen LogP contribution in [0.1, 0.15) is 13.8 Å². The summed E-state index contributed by atoms with van der Waals surface area (Å²) in [6.07, 6.45) is 3.84. The van der Waals surface area contributed by atoms with E-state index in [0.29, 0.717) is 11.1 Å². The van der Waals surface area contributed by atoms with Gasteiger partial charge in [0, 0.05) is 47.9 Å². The number of aromatic nitrogens is 1. The number of fused-ring (bicyclic) bond motifs is 1. The second-order valence-electron chi connectivity index (χ2n) is 6.02. The lowest BCUT2D eigenvalue weighted by molar-refractivity contribution is -0.671. The largest absolute Gasteiger partial charge is 0.726 e. The molecule has 3 rings (SSSR count). The fraction of sp³-hybridized carbons (Fsp3) is 0.263. The molecule has 0 bridgehead atoms. The van der Waals surface area contributed by atoms with Crippen molar-refractivity contribution in [3.05, 3.63) is 59.2 Å². The van der Waals surface area contributed by atoms with E-state index in [0.717, 1.165) is 29.7 Å².